The van der Waals surface area contributed by atoms with Crippen molar-refractivity contribution in [2.45, 2.75) is 33.1 Å². The average Bonchev–Trinajstić information content (AvgIpc) is 3.17. The first kappa shape index (κ1) is 19.4. The molecule has 4 aromatic carbocycles. The maximum atomic E-state index is 6.16. The van der Waals surface area contributed by atoms with Gasteiger partial charge in [0.1, 0.15) is 0 Å². The van der Waals surface area contributed by atoms with Gasteiger partial charge in [-0.3, -0.25) is 0 Å². The summed E-state index contributed by atoms with van der Waals surface area (Å²) >= 11 is 0. The SMILES string of the molecule is CCc1cc(N)ccc1-c1ccc2c(c1-c1ccc(N)cc1CC)Cc1ccccc1-2. The van der Waals surface area contributed by atoms with Crippen LogP contribution in [0.4, 0.5) is 11.4 Å². The number of fused-ring (bicyclic) bond motifs is 3. The van der Waals surface area contributed by atoms with Crippen molar-refractivity contribution >= 4 is 11.4 Å². The standard InChI is InChI=1S/C29H28N2/c1-3-18-15-21(30)9-11-24(18)27-14-13-26-23-8-6-5-7-20(23)17-28(26)29(27)25-12-10-22(31)16-19(25)4-2/h5-16H,3-4,17,30-31H2,1-2H3. The van der Waals surface area contributed by atoms with Gasteiger partial charge in [-0.05, 0) is 99.2 Å². The minimum atomic E-state index is 0.817. The predicted octanol–water partition coefficient (Wildman–Crippen LogP) is 6.88. The summed E-state index contributed by atoms with van der Waals surface area (Å²) in [6, 6.07) is 26.1. The lowest BCUT2D eigenvalue weighted by Crippen LogP contribution is -1.99. The van der Waals surface area contributed by atoms with E-state index in [0.29, 0.717) is 0 Å². The molecule has 0 fully saturated rings. The van der Waals surface area contributed by atoms with E-state index in [0.717, 1.165) is 30.6 Å². The van der Waals surface area contributed by atoms with Crippen LogP contribution in [0.2, 0.25) is 0 Å². The third-order valence-electron chi connectivity index (χ3n) is 6.57. The van der Waals surface area contributed by atoms with E-state index in [-0.39, 0.29) is 0 Å². The van der Waals surface area contributed by atoms with Crippen LogP contribution >= 0.6 is 0 Å². The summed E-state index contributed by atoms with van der Waals surface area (Å²) < 4.78 is 0. The molecule has 2 nitrogen and oxygen atoms in total. The second kappa shape index (κ2) is 7.63. The minimum Gasteiger partial charge on any atom is -0.399 e. The molecule has 0 heterocycles. The fourth-order valence-electron chi connectivity index (χ4n) is 5.06. The Balaban J connectivity index is 1.85. The van der Waals surface area contributed by atoms with Gasteiger partial charge in [0.15, 0.2) is 0 Å². The van der Waals surface area contributed by atoms with Gasteiger partial charge in [0.2, 0.25) is 0 Å². The van der Waals surface area contributed by atoms with Crippen LogP contribution in [0.3, 0.4) is 0 Å². The van der Waals surface area contributed by atoms with Gasteiger partial charge >= 0.3 is 0 Å². The fourth-order valence-corrected chi connectivity index (χ4v) is 5.06. The second-order valence-electron chi connectivity index (χ2n) is 8.39. The zero-order valence-electron chi connectivity index (χ0n) is 18.2. The van der Waals surface area contributed by atoms with E-state index in [9.17, 15) is 0 Å². The van der Waals surface area contributed by atoms with Crippen LogP contribution in [0, 0.1) is 0 Å². The molecule has 0 saturated carbocycles. The summed E-state index contributed by atoms with van der Waals surface area (Å²) in [4.78, 5) is 0. The molecule has 0 bridgehead atoms. The molecule has 31 heavy (non-hydrogen) atoms. The lowest BCUT2D eigenvalue weighted by atomic mass is 9.84. The van der Waals surface area contributed by atoms with Gasteiger partial charge in [-0.25, -0.2) is 0 Å². The van der Waals surface area contributed by atoms with E-state index < -0.39 is 0 Å². The number of rotatable bonds is 4. The molecule has 0 radical (unpaired) electrons. The number of hydrogen-bond donors (Lipinski definition) is 2. The summed E-state index contributed by atoms with van der Waals surface area (Å²) in [5, 5.41) is 0. The third-order valence-corrected chi connectivity index (χ3v) is 6.57. The van der Waals surface area contributed by atoms with E-state index in [4.69, 9.17) is 11.5 Å². The Hall–Kier alpha value is -3.52. The van der Waals surface area contributed by atoms with Gasteiger partial charge in [-0.15, -0.1) is 0 Å². The minimum absolute atomic E-state index is 0.817. The van der Waals surface area contributed by atoms with Gasteiger partial charge in [0.05, 0.1) is 0 Å². The van der Waals surface area contributed by atoms with E-state index in [1.165, 1.54) is 55.6 Å². The molecular weight excluding hydrogens is 376 g/mol. The first-order valence-electron chi connectivity index (χ1n) is 11.1. The fraction of sp³-hybridized carbons (Fsp3) is 0.172. The largest absolute Gasteiger partial charge is 0.399 e. The summed E-state index contributed by atoms with van der Waals surface area (Å²) in [5.74, 6) is 0. The quantitative estimate of drug-likeness (QED) is 0.321. The molecule has 0 atom stereocenters. The van der Waals surface area contributed by atoms with E-state index >= 15 is 0 Å². The van der Waals surface area contributed by atoms with E-state index in [2.05, 4.69) is 74.5 Å². The average molecular weight is 405 g/mol. The van der Waals surface area contributed by atoms with Crippen molar-refractivity contribution in [3.63, 3.8) is 0 Å². The van der Waals surface area contributed by atoms with Crippen LogP contribution in [0.1, 0.15) is 36.1 Å². The normalized spacial score (nSPS) is 11.9. The zero-order chi connectivity index (χ0) is 21.5. The Morgan fingerprint density at radius 2 is 1.19 bits per heavy atom. The molecule has 5 rings (SSSR count). The van der Waals surface area contributed by atoms with Crippen LogP contribution in [0.5, 0.6) is 0 Å². The molecule has 0 amide bonds. The molecule has 1 aliphatic rings. The van der Waals surface area contributed by atoms with Gasteiger partial charge in [-0.2, -0.15) is 0 Å². The maximum Gasteiger partial charge on any atom is 0.0317 e. The highest BCUT2D eigenvalue weighted by molar-refractivity contribution is 5.95. The molecule has 1 aliphatic carbocycles. The number of nitrogen functional groups attached to an aromatic ring is 2. The van der Waals surface area contributed by atoms with Gasteiger partial charge in [0.25, 0.3) is 0 Å². The number of benzene rings is 4. The Kier molecular flexibility index (Phi) is 4.78. The smallest absolute Gasteiger partial charge is 0.0317 e. The number of aryl methyl sites for hydroxylation is 2. The van der Waals surface area contributed by atoms with Crippen LogP contribution < -0.4 is 11.5 Å². The molecule has 0 aliphatic heterocycles. The number of hydrogen-bond acceptors (Lipinski definition) is 2. The van der Waals surface area contributed by atoms with Gasteiger partial charge < -0.3 is 11.5 Å². The van der Waals surface area contributed by atoms with Crippen molar-refractivity contribution in [3.8, 4) is 33.4 Å². The molecule has 0 spiro atoms. The zero-order valence-corrected chi connectivity index (χ0v) is 18.2. The monoisotopic (exact) mass is 404 g/mol. The first-order valence-corrected chi connectivity index (χ1v) is 11.1. The van der Waals surface area contributed by atoms with Crippen LogP contribution in [0.25, 0.3) is 33.4 Å². The summed E-state index contributed by atoms with van der Waals surface area (Å²) in [6.45, 7) is 4.40. The molecule has 0 aromatic heterocycles. The summed E-state index contributed by atoms with van der Waals surface area (Å²) in [6.07, 6.45) is 2.84. The molecule has 2 heteroatoms. The second-order valence-corrected chi connectivity index (χ2v) is 8.39. The van der Waals surface area contributed by atoms with Crippen molar-refractivity contribution in [1.82, 2.24) is 0 Å². The number of nitrogens with two attached hydrogens (primary N) is 2. The Morgan fingerprint density at radius 1 is 0.613 bits per heavy atom. The molecule has 0 saturated heterocycles. The summed E-state index contributed by atoms with van der Waals surface area (Å²) in [7, 11) is 0. The van der Waals surface area contributed by atoms with E-state index in [1.54, 1.807) is 0 Å². The van der Waals surface area contributed by atoms with Crippen molar-refractivity contribution < 1.29 is 0 Å². The Bertz CT molecular complexity index is 1300. The van der Waals surface area contributed by atoms with Crippen LogP contribution in [-0.4, -0.2) is 0 Å². The van der Waals surface area contributed by atoms with Crippen molar-refractivity contribution in [1.29, 1.82) is 0 Å². The van der Waals surface area contributed by atoms with Gasteiger partial charge in [-0.1, -0.05) is 62.4 Å². The van der Waals surface area contributed by atoms with Crippen LogP contribution in [0.15, 0.2) is 72.8 Å². The lowest BCUT2D eigenvalue weighted by Gasteiger charge is -2.20. The lowest BCUT2D eigenvalue weighted by molar-refractivity contribution is 1.13. The number of anilines is 2. The molecule has 4 N–H and O–H groups in total. The topological polar surface area (TPSA) is 52.0 Å². The van der Waals surface area contributed by atoms with Crippen molar-refractivity contribution in [3.05, 3.63) is 95.1 Å². The highest BCUT2D eigenvalue weighted by Crippen LogP contribution is 2.47. The van der Waals surface area contributed by atoms with Crippen LogP contribution in [-0.2, 0) is 19.3 Å². The maximum absolute atomic E-state index is 6.16. The molecule has 154 valence electrons. The van der Waals surface area contributed by atoms with Crippen molar-refractivity contribution in [2.75, 3.05) is 11.5 Å². The summed E-state index contributed by atoms with van der Waals surface area (Å²) in [5.41, 5.74) is 27.2. The van der Waals surface area contributed by atoms with E-state index in [1.807, 2.05) is 12.1 Å². The first-order chi connectivity index (χ1) is 15.1. The Morgan fingerprint density at radius 3 is 1.90 bits per heavy atom. The molecule has 0 unspecified atom stereocenters. The predicted molar refractivity (Wildman–Crippen MR) is 133 cm³/mol. The van der Waals surface area contributed by atoms with Crippen molar-refractivity contribution in [2.24, 2.45) is 0 Å². The third kappa shape index (κ3) is 3.19. The molecular formula is C29H28N2. The molecule has 4 aromatic rings. The highest BCUT2D eigenvalue weighted by Gasteiger charge is 2.25. The Labute approximate surface area is 184 Å². The van der Waals surface area contributed by atoms with Gasteiger partial charge in [0, 0.05) is 11.4 Å². The highest BCUT2D eigenvalue weighted by atomic mass is 14.5.